The summed E-state index contributed by atoms with van der Waals surface area (Å²) in [6, 6.07) is 1.94. The van der Waals surface area contributed by atoms with Crippen molar-refractivity contribution in [3.63, 3.8) is 0 Å². The third kappa shape index (κ3) is 4.20. The predicted molar refractivity (Wildman–Crippen MR) is 66.0 cm³/mol. The van der Waals surface area contributed by atoms with E-state index < -0.39 is 0 Å². The maximum Gasteiger partial charge on any atom is 0.234 e. The van der Waals surface area contributed by atoms with Gasteiger partial charge < -0.3 is 10.6 Å². The third-order valence-corrected chi connectivity index (χ3v) is 3.09. The molecule has 1 rings (SSSR count). The molecule has 0 radical (unpaired) electrons. The Balaban J connectivity index is 2.27. The van der Waals surface area contributed by atoms with Crippen LogP contribution in [-0.2, 0) is 9.59 Å². The molecule has 0 spiro atoms. The topological polar surface area (TPSA) is 58.2 Å². The fourth-order valence-corrected chi connectivity index (χ4v) is 1.98. The van der Waals surface area contributed by atoms with E-state index in [9.17, 15) is 9.59 Å². The molecule has 16 heavy (non-hydrogen) atoms. The first-order valence-corrected chi connectivity index (χ1v) is 6.21. The number of thiophene rings is 1. The lowest BCUT2D eigenvalue weighted by molar-refractivity contribution is -0.119. The number of carbonyl (C=O) groups is 2. The second kappa shape index (κ2) is 6.50. The Labute approximate surface area is 103 Å². The average molecular weight is 261 g/mol. The number of amides is 2. The highest BCUT2D eigenvalue weighted by Crippen LogP contribution is 2.21. The number of hydrogen-bond acceptors (Lipinski definition) is 3. The van der Waals surface area contributed by atoms with E-state index in [2.05, 4.69) is 10.6 Å². The van der Waals surface area contributed by atoms with Crippen molar-refractivity contribution in [2.24, 2.45) is 0 Å². The maximum atomic E-state index is 11.4. The zero-order valence-corrected chi connectivity index (χ0v) is 10.5. The van der Waals surface area contributed by atoms with Crippen LogP contribution in [0.5, 0.6) is 0 Å². The number of nitrogens with one attached hydrogen (secondary N) is 2. The largest absolute Gasteiger partial charge is 0.355 e. The van der Waals surface area contributed by atoms with Crippen LogP contribution < -0.4 is 10.6 Å². The maximum absolute atomic E-state index is 11.4. The molecule has 0 saturated heterocycles. The molecule has 0 bridgehead atoms. The highest BCUT2D eigenvalue weighted by atomic mass is 35.5. The van der Waals surface area contributed by atoms with E-state index in [1.165, 1.54) is 11.3 Å². The van der Waals surface area contributed by atoms with E-state index in [0.29, 0.717) is 6.54 Å². The normalized spacial score (nSPS) is 9.88. The van der Waals surface area contributed by atoms with Gasteiger partial charge >= 0.3 is 0 Å². The van der Waals surface area contributed by atoms with E-state index >= 15 is 0 Å². The smallest absolute Gasteiger partial charge is 0.234 e. The molecule has 0 aliphatic carbocycles. The Hall–Kier alpha value is -1.07. The van der Waals surface area contributed by atoms with Crippen LogP contribution in [0.25, 0.3) is 0 Å². The van der Waals surface area contributed by atoms with Crippen LogP contribution in [-0.4, -0.2) is 24.2 Å². The van der Waals surface area contributed by atoms with E-state index in [4.69, 9.17) is 11.6 Å². The Morgan fingerprint density at radius 1 is 1.44 bits per heavy atom. The second-order valence-electron chi connectivity index (χ2n) is 3.21. The van der Waals surface area contributed by atoms with Gasteiger partial charge in [-0.3, -0.25) is 9.59 Å². The molecule has 1 heterocycles. The van der Waals surface area contributed by atoms with Gasteiger partial charge in [0.25, 0.3) is 0 Å². The van der Waals surface area contributed by atoms with Crippen molar-refractivity contribution in [3.8, 4) is 0 Å². The van der Waals surface area contributed by atoms with Gasteiger partial charge in [-0.25, -0.2) is 0 Å². The van der Waals surface area contributed by atoms with Crippen LogP contribution >= 0.6 is 22.9 Å². The number of carbonyl (C=O) groups excluding carboxylic acids is 2. The minimum Gasteiger partial charge on any atom is -0.355 e. The molecule has 0 unspecified atom stereocenters. The Morgan fingerprint density at radius 2 is 2.19 bits per heavy atom. The van der Waals surface area contributed by atoms with Crippen molar-refractivity contribution in [2.45, 2.75) is 13.3 Å². The summed E-state index contributed by atoms with van der Waals surface area (Å²) in [6.45, 7) is 2.24. The Morgan fingerprint density at radius 3 is 2.75 bits per heavy atom. The summed E-state index contributed by atoms with van der Waals surface area (Å²) in [5, 5.41) is 8.08. The van der Waals surface area contributed by atoms with Crippen molar-refractivity contribution in [1.29, 1.82) is 0 Å². The van der Waals surface area contributed by atoms with Gasteiger partial charge in [-0.1, -0.05) is 0 Å². The fourth-order valence-electron chi connectivity index (χ4n) is 1.05. The number of hydrogen-bond donors (Lipinski definition) is 2. The van der Waals surface area contributed by atoms with E-state index in [0.717, 1.165) is 10.6 Å². The summed E-state index contributed by atoms with van der Waals surface area (Å²) in [4.78, 5) is 22.2. The zero-order valence-electron chi connectivity index (χ0n) is 8.88. The minimum atomic E-state index is -0.262. The van der Waals surface area contributed by atoms with Crippen molar-refractivity contribution in [1.82, 2.24) is 5.32 Å². The third-order valence-electron chi connectivity index (χ3n) is 1.91. The molecule has 4 nitrogen and oxygen atoms in total. The number of halogens is 1. The molecule has 0 aliphatic heterocycles. The van der Waals surface area contributed by atoms with Gasteiger partial charge in [0.2, 0.25) is 11.8 Å². The van der Waals surface area contributed by atoms with Crippen LogP contribution in [0.2, 0.25) is 0 Å². The molecule has 0 atom stereocenters. The van der Waals surface area contributed by atoms with E-state index in [-0.39, 0.29) is 24.1 Å². The molecule has 2 N–H and O–H groups in total. The molecule has 0 fully saturated rings. The summed E-state index contributed by atoms with van der Waals surface area (Å²) in [5.74, 6) is -0.451. The first kappa shape index (κ1) is 13.0. The molecule has 88 valence electrons. The SMILES string of the molecule is Cc1ccsc1NC(=O)CCNC(=O)CCl. The molecule has 0 aliphatic rings. The summed E-state index contributed by atoms with van der Waals surface area (Å²) in [7, 11) is 0. The fraction of sp³-hybridized carbons (Fsp3) is 0.400. The van der Waals surface area contributed by atoms with Gasteiger partial charge in [-0.05, 0) is 23.9 Å². The summed E-state index contributed by atoms with van der Waals surface area (Å²) in [6.07, 6.45) is 0.250. The summed E-state index contributed by atoms with van der Waals surface area (Å²) >= 11 is 6.77. The zero-order chi connectivity index (χ0) is 12.0. The number of anilines is 1. The molecule has 0 aromatic carbocycles. The molecule has 0 saturated carbocycles. The van der Waals surface area contributed by atoms with Gasteiger partial charge in [0.15, 0.2) is 0 Å². The van der Waals surface area contributed by atoms with Gasteiger partial charge in [-0.2, -0.15) is 0 Å². The summed E-state index contributed by atoms with van der Waals surface area (Å²) < 4.78 is 0. The lowest BCUT2D eigenvalue weighted by atomic mass is 10.3. The van der Waals surface area contributed by atoms with E-state index in [1.807, 2.05) is 18.4 Å². The molecular formula is C10H13ClN2O2S. The molecule has 1 aromatic rings. The molecular weight excluding hydrogens is 248 g/mol. The monoisotopic (exact) mass is 260 g/mol. The molecule has 1 aromatic heterocycles. The lowest BCUT2D eigenvalue weighted by Crippen LogP contribution is -2.28. The van der Waals surface area contributed by atoms with Gasteiger partial charge in [0.05, 0.1) is 5.00 Å². The van der Waals surface area contributed by atoms with E-state index in [1.54, 1.807) is 0 Å². The van der Waals surface area contributed by atoms with Gasteiger partial charge in [-0.15, -0.1) is 22.9 Å². The van der Waals surface area contributed by atoms with Crippen molar-refractivity contribution in [3.05, 3.63) is 17.0 Å². The Kier molecular flexibility index (Phi) is 5.28. The van der Waals surface area contributed by atoms with Crippen LogP contribution in [0.3, 0.4) is 0 Å². The number of aryl methyl sites for hydroxylation is 1. The predicted octanol–water partition coefficient (Wildman–Crippen LogP) is 1.74. The quantitative estimate of drug-likeness (QED) is 0.793. The number of alkyl halides is 1. The standard InChI is InChI=1S/C10H13ClN2O2S/c1-7-3-5-16-10(7)13-8(14)2-4-12-9(15)6-11/h3,5H,2,4,6H2,1H3,(H,12,15)(H,13,14). The highest BCUT2D eigenvalue weighted by Gasteiger charge is 2.06. The van der Waals surface area contributed by atoms with Crippen molar-refractivity contribution in [2.75, 3.05) is 17.7 Å². The van der Waals surface area contributed by atoms with Crippen LogP contribution in [0.4, 0.5) is 5.00 Å². The second-order valence-corrected chi connectivity index (χ2v) is 4.40. The molecule has 2 amide bonds. The van der Waals surface area contributed by atoms with Crippen LogP contribution in [0, 0.1) is 6.92 Å². The van der Waals surface area contributed by atoms with Gasteiger partial charge in [0.1, 0.15) is 5.88 Å². The minimum absolute atomic E-state index is 0.0777. The summed E-state index contributed by atoms with van der Waals surface area (Å²) in [5.41, 5.74) is 1.04. The lowest BCUT2D eigenvalue weighted by Gasteiger charge is -2.04. The van der Waals surface area contributed by atoms with Crippen molar-refractivity contribution < 1.29 is 9.59 Å². The van der Waals surface area contributed by atoms with Crippen molar-refractivity contribution >= 4 is 39.8 Å². The van der Waals surface area contributed by atoms with Gasteiger partial charge in [0, 0.05) is 13.0 Å². The molecule has 6 heteroatoms. The van der Waals surface area contributed by atoms with Crippen LogP contribution in [0.15, 0.2) is 11.4 Å². The first-order valence-electron chi connectivity index (χ1n) is 4.80. The highest BCUT2D eigenvalue weighted by molar-refractivity contribution is 7.14. The first-order chi connectivity index (χ1) is 7.63. The van der Waals surface area contributed by atoms with Crippen LogP contribution in [0.1, 0.15) is 12.0 Å². The average Bonchev–Trinajstić information content (AvgIpc) is 2.64. The Bertz CT molecular complexity index is 379. The number of rotatable bonds is 5.